The van der Waals surface area contributed by atoms with Gasteiger partial charge in [0.2, 0.25) is 0 Å². The molecule has 146 valence electrons. The molecule has 0 bridgehead atoms. The van der Waals surface area contributed by atoms with Gasteiger partial charge in [0.1, 0.15) is 0 Å². The number of piperidine rings is 1. The average Bonchev–Trinajstić information content (AvgIpc) is 3.02. The number of thioether (sulfide) groups is 1. The SMILES string of the molecule is N#Cc1ccccc1CN1C(=O)S/C(=C/c2ccc(N3CCCCC3)cc2)C1=O. The van der Waals surface area contributed by atoms with E-state index in [1.807, 2.05) is 12.1 Å². The van der Waals surface area contributed by atoms with Crippen molar-refractivity contribution in [1.82, 2.24) is 4.90 Å². The van der Waals surface area contributed by atoms with Crippen LogP contribution in [0, 0.1) is 11.3 Å². The number of carbonyl (C=O) groups excluding carboxylic acids is 2. The molecule has 2 amide bonds. The van der Waals surface area contributed by atoms with Crippen molar-refractivity contribution in [2.75, 3.05) is 18.0 Å². The Morgan fingerprint density at radius 2 is 1.72 bits per heavy atom. The molecule has 0 atom stereocenters. The molecule has 0 aliphatic carbocycles. The number of hydrogen-bond acceptors (Lipinski definition) is 5. The maximum atomic E-state index is 12.8. The van der Waals surface area contributed by atoms with Crippen LogP contribution in [0.4, 0.5) is 10.5 Å². The van der Waals surface area contributed by atoms with E-state index in [4.69, 9.17) is 0 Å². The van der Waals surface area contributed by atoms with Gasteiger partial charge >= 0.3 is 0 Å². The molecule has 5 nitrogen and oxygen atoms in total. The third kappa shape index (κ3) is 4.20. The summed E-state index contributed by atoms with van der Waals surface area (Å²) < 4.78 is 0. The number of hydrogen-bond donors (Lipinski definition) is 0. The highest BCUT2D eigenvalue weighted by Crippen LogP contribution is 2.34. The Morgan fingerprint density at radius 3 is 2.45 bits per heavy atom. The Kier molecular flexibility index (Phi) is 5.68. The van der Waals surface area contributed by atoms with Crippen LogP contribution in [0.25, 0.3) is 6.08 Å². The van der Waals surface area contributed by atoms with Crippen molar-refractivity contribution in [2.45, 2.75) is 25.8 Å². The van der Waals surface area contributed by atoms with Crippen LogP contribution in [0.1, 0.15) is 36.0 Å². The fraction of sp³-hybridized carbons (Fsp3) is 0.261. The quantitative estimate of drug-likeness (QED) is 0.687. The van der Waals surface area contributed by atoms with E-state index in [1.165, 1.54) is 29.8 Å². The van der Waals surface area contributed by atoms with E-state index in [1.54, 1.807) is 30.3 Å². The van der Waals surface area contributed by atoms with E-state index in [0.29, 0.717) is 16.0 Å². The van der Waals surface area contributed by atoms with E-state index in [2.05, 4.69) is 23.1 Å². The molecule has 2 aliphatic heterocycles. The van der Waals surface area contributed by atoms with Crippen molar-refractivity contribution in [1.29, 1.82) is 5.26 Å². The van der Waals surface area contributed by atoms with Gasteiger partial charge in [0.15, 0.2) is 0 Å². The minimum absolute atomic E-state index is 0.111. The highest BCUT2D eigenvalue weighted by Gasteiger charge is 2.35. The first kappa shape index (κ1) is 19.3. The van der Waals surface area contributed by atoms with Crippen LogP contribution in [0.3, 0.4) is 0 Å². The molecule has 2 aromatic rings. The lowest BCUT2D eigenvalue weighted by Gasteiger charge is -2.28. The summed E-state index contributed by atoms with van der Waals surface area (Å²) in [5, 5.41) is 8.92. The van der Waals surface area contributed by atoms with Gasteiger partial charge in [0, 0.05) is 18.8 Å². The molecule has 29 heavy (non-hydrogen) atoms. The summed E-state index contributed by atoms with van der Waals surface area (Å²) in [6.07, 6.45) is 5.51. The standard InChI is InChI=1S/C23H21N3O2S/c24-15-18-6-2-3-7-19(18)16-26-22(27)21(29-23(26)28)14-17-8-10-20(11-9-17)25-12-4-1-5-13-25/h2-3,6-11,14H,1,4-5,12-13,16H2/b21-14+. The molecule has 0 spiro atoms. The zero-order valence-corrected chi connectivity index (χ0v) is 16.8. The molecule has 2 fully saturated rings. The summed E-state index contributed by atoms with van der Waals surface area (Å²) in [5.74, 6) is -0.312. The lowest BCUT2D eigenvalue weighted by molar-refractivity contribution is -0.123. The molecular formula is C23H21N3O2S. The van der Waals surface area contributed by atoms with Crippen LogP contribution in [0.5, 0.6) is 0 Å². The Morgan fingerprint density at radius 1 is 1.00 bits per heavy atom. The summed E-state index contributed by atoms with van der Waals surface area (Å²) >= 11 is 0.947. The topological polar surface area (TPSA) is 64.4 Å². The van der Waals surface area contributed by atoms with E-state index in [0.717, 1.165) is 30.4 Å². The maximum Gasteiger partial charge on any atom is 0.293 e. The van der Waals surface area contributed by atoms with Gasteiger partial charge < -0.3 is 4.90 Å². The van der Waals surface area contributed by atoms with Crippen LogP contribution in [-0.4, -0.2) is 29.1 Å². The van der Waals surface area contributed by atoms with Crippen LogP contribution in [0.2, 0.25) is 0 Å². The molecule has 2 aromatic carbocycles. The minimum atomic E-state index is -0.312. The summed E-state index contributed by atoms with van der Waals surface area (Å²) in [6, 6.07) is 17.3. The smallest absolute Gasteiger partial charge is 0.293 e. The molecule has 0 N–H and O–H groups in total. The highest BCUT2D eigenvalue weighted by molar-refractivity contribution is 8.18. The van der Waals surface area contributed by atoms with Gasteiger partial charge in [0.25, 0.3) is 11.1 Å². The molecule has 0 unspecified atom stereocenters. The molecule has 6 heteroatoms. The first-order valence-corrected chi connectivity index (χ1v) is 10.6. The van der Waals surface area contributed by atoms with Crippen molar-refractivity contribution >= 4 is 34.7 Å². The van der Waals surface area contributed by atoms with Gasteiger partial charge in [0.05, 0.1) is 23.1 Å². The van der Waals surface area contributed by atoms with Gasteiger partial charge in [-0.1, -0.05) is 30.3 Å². The molecule has 2 aliphatic rings. The van der Waals surface area contributed by atoms with Crippen molar-refractivity contribution < 1.29 is 9.59 Å². The lowest BCUT2D eigenvalue weighted by atomic mass is 10.1. The fourth-order valence-electron chi connectivity index (χ4n) is 3.66. The number of carbonyl (C=O) groups is 2. The van der Waals surface area contributed by atoms with Crippen LogP contribution in [-0.2, 0) is 11.3 Å². The zero-order valence-electron chi connectivity index (χ0n) is 16.0. The third-order valence-corrected chi connectivity index (χ3v) is 6.16. The fourth-order valence-corrected chi connectivity index (χ4v) is 4.50. The predicted octanol–water partition coefficient (Wildman–Crippen LogP) is 4.79. The molecule has 0 radical (unpaired) electrons. The van der Waals surface area contributed by atoms with Crippen LogP contribution < -0.4 is 4.90 Å². The molecule has 4 rings (SSSR count). The number of anilines is 1. The van der Waals surface area contributed by atoms with Gasteiger partial charge in [-0.25, -0.2) is 0 Å². The van der Waals surface area contributed by atoms with E-state index < -0.39 is 0 Å². The Hall–Kier alpha value is -3.04. The third-order valence-electron chi connectivity index (χ3n) is 5.25. The molecular weight excluding hydrogens is 382 g/mol. The monoisotopic (exact) mass is 403 g/mol. The second kappa shape index (κ2) is 8.54. The van der Waals surface area contributed by atoms with E-state index in [-0.39, 0.29) is 17.7 Å². The van der Waals surface area contributed by atoms with Crippen LogP contribution >= 0.6 is 11.8 Å². The van der Waals surface area contributed by atoms with Crippen molar-refractivity contribution in [3.05, 3.63) is 70.1 Å². The predicted molar refractivity (Wildman–Crippen MR) is 115 cm³/mol. The number of benzene rings is 2. The largest absolute Gasteiger partial charge is 0.372 e. The molecule has 2 saturated heterocycles. The van der Waals surface area contributed by atoms with Crippen molar-refractivity contribution in [3.8, 4) is 6.07 Å². The number of nitrogens with zero attached hydrogens (tertiary/aromatic N) is 3. The summed E-state index contributed by atoms with van der Waals surface area (Å²) in [4.78, 5) is 29.1. The van der Waals surface area contributed by atoms with Gasteiger partial charge in [-0.3, -0.25) is 14.5 Å². The first-order chi connectivity index (χ1) is 14.2. The highest BCUT2D eigenvalue weighted by atomic mass is 32.2. The maximum absolute atomic E-state index is 12.8. The lowest BCUT2D eigenvalue weighted by Crippen LogP contribution is -2.29. The second-order valence-electron chi connectivity index (χ2n) is 7.18. The number of imide groups is 1. The second-order valence-corrected chi connectivity index (χ2v) is 8.17. The number of amides is 2. The van der Waals surface area contributed by atoms with Crippen LogP contribution in [0.15, 0.2) is 53.4 Å². The molecule has 0 saturated carbocycles. The number of rotatable bonds is 4. The van der Waals surface area contributed by atoms with E-state index in [9.17, 15) is 14.9 Å². The van der Waals surface area contributed by atoms with E-state index >= 15 is 0 Å². The summed E-state index contributed by atoms with van der Waals surface area (Å²) in [7, 11) is 0. The van der Waals surface area contributed by atoms with Gasteiger partial charge in [-0.15, -0.1) is 0 Å². The normalized spacial score (nSPS) is 18.4. The van der Waals surface area contributed by atoms with Gasteiger partial charge in [-0.2, -0.15) is 5.26 Å². The summed E-state index contributed by atoms with van der Waals surface area (Å²) in [6.45, 7) is 2.28. The van der Waals surface area contributed by atoms with Gasteiger partial charge in [-0.05, 0) is 66.4 Å². The molecule has 0 aromatic heterocycles. The van der Waals surface area contributed by atoms with Crippen molar-refractivity contribution in [2.24, 2.45) is 0 Å². The zero-order chi connectivity index (χ0) is 20.2. The minimum Gasteiger partial charge on any atom is -0.372 e. The first-order valence-electron chi connectivity index (χ1n) is 9.74. The number of nitriles is 1. The Balaban J connectivity index is 1.49. The Labute approximate surface area is 174 Å². The average molecular weight is 404 g/mol. The summed E-state index contributed by atoms with van der Waals surface area (Å²) in [5.41, 5.74) is 3.24. The van der Waals surface area contributed by atoms with Crippen molar-refractivity contribution in [3.63, 3.8) is 0 Å². The molecule has 2 heterocycles. The Bertz CT molecular complexity index is 1000.